The van der Waals surface area contributed by atoms with Crippen LogP contribution in [0.2, 0.25) is 0 Å². The number of carboxylic acids is 1. The largest absolute Gasteiger partial charge is 0.490 e. The quantitative estimate of drug-likeness (QED) is 0.669. The second kappa shape index (κ2) is 10.5. The molecule has 2 heterocycles. The predicted octanol–water partition coefficient (Wildman–Crippen LogP) is 2.00. The molecule has 0 bridgehead atoms. The first kappa shape index (κ1) is 24.4. The van der Waals surface area contributed by atoms with Gasteiger partial charge in [-0.05, 0) is 31.9 Å². The topological polar surface area (TPSA) is 99.2 Å². The lowest BCUT2D eigenvalue weighted by molar-refractivity contribution is -0.192. The van der Waals surface area contributed by atoms with Gasteiger partial charge in [0.1, 0.15) is 5.54 Å². The van der Waals surface area contributed by atoms with E-state index in [1.54, 1.807) is 0 Å². The molecule has 8 nitrogen and oxygen atoms in total. The maximum atomic E-state index is 12.5. The maximum absolute atomic E-state index is 12.5. The molecule has 0 saturated carbocycles. The van der Waals surface area contributed by atoms with Crippen LogP contribution in [0.5, 0.6) is 0 Å². The number of carboxylic acid groups (broad SMARTS) is 1. The number of carbonyl (C=O) groups excluding carboxylic acids is 2. The van der Waals surface area contributed by atoms with Crippen molar-refractivity contribution >= 4 is 23.5 Å². The SMILES string of the molecule is CCOC(=O)CCN1CCC2(CC1)C(=O)NCN2c1ccccc1.O=C(O)C(F)(F)F. The number of carbonyl (C=O) groups is 3. The van der Waals surface area contributed by atoms with Gasteiger partial charge < -0.3 is 25.0 Å². The van der Waals surface area contributed by atoms with E-state index in [1.807, 2.05) is 25.1 Å². The first-order valence-electron chi connectivity index (χ1n) is 9.89. The molecule has 0 radical (unpaired) electrons. The lowest BCUT2D eigenvalue weighted by Gasteiger charge is -2.43. The molecule has 1 aromatic rings. The normalized spacial score (nSPS) is 18.2. The van der Waals surface area contributed by atoms with Crippen LogP contribution in [0, 0.1) is 0 Å². The first-order chi connectivity index (χ1) is 14.6. The molecule has 31 heavy (non-hydrogen) atoms. The minimum atomic E-state index is -5.08. The monoisotopic (exact) mass is 445 g/mol. The first-order valence-corrected chi connectivity index (χ1v) is 9.89. The van der Waals surface area contributed by atoms with Crippen LogP contribution in [-0.2, 0) is 19.1 Å². The average Bonchev–Trinajstić information content (AvgIpc) is 3.04. The number of amides is 1. The van der Waals surface area contributed by atoms with E-state index in [0.29, 0.717) is 26.2 Å². The molecule has 2 N–H and O–H groups in total. The summed E-state index contributed by atoms with van der Waals surface area (Å²) in [4.78, 5) is 37.4. The fourth-order valence-electron chi connectivity index (χ4n) is 3.66. The molecule has 0 aromatic heterocycles. The van der Waals surface area contributed by atoms with E-state index in [4.69, 9.17) is 14.6 Å². The van der Waals surface area contributed by atoms with Crippen LogP contribution in [0.1, 0.15) is 26.2 Å². The number of rotatable bonds is 5. The summed E-state index contributed by atoms with van der Waals surface area (Å²) in [5, 5.41) is 10.1. The van der Waals surface area contributed by atoms with Gasteiger partial charge in [-0.1, -0.05) is 18.2 Å². The van der Waals surface area contributed by atoms with Crippen LogP contribution in [0.4, 0.5) is 18.9 Å². The Morgan fingerprint density at radius 3 is 2.29 bits per heavy atom. The molecule has 0 unspecified atom stereocenters. The van der Waals surface area contributed by atoms with E-state index < -0.39 is 17.7 Å². The van der Waals surface area contributed by atoms with E-state index in [0.717, 1.165) is 31.6 Å². The van der Waals surface area contributed by atoms with Crippen molar-refractivity contribution in [2.45, 2.75) is 37.9 Å². The zero-order chi connectivity index (χ0) is 23.1. The van der Waals surface area contributed by atoms with Crippen LogP contribution in [0.25, 0.3) is 0 Å². The number of nitrogens with one attached hydrogen (secondary N) is 1. The molecule has 3 rings (SSSR count). The summed E-state index contributed by atoms with van der Waals surface area (Å²) >= 11 is 0. The molecule has 2 fully saturated rings. The van der Waals surface area contributed by atoms with Crippen LogP contribution in [0.3, 0.4) is 0 Å². The average molecular weight is 445 g/mol. The number of alkyl halides is 3. The summed E-state index contributed by atoms with van der Waals surface area (Å²) in [6.07, 6.45) is -3.12. The highest BCUT2D eigenvalue weighted by Crippen LogP contribution is 2.36. The number of esters is 1. The molecule has 2 saturated heterocycles. The van der Waals surface area contributed by atoms with Gasteiger partial charge in [-0.15, -0.1) is 0 Å². The summed E-state index contributed by atoms with van der Waals surface area (Å²) in [6.45, 7) is 5.13. The molecule has 1 amide bonds. The van der Waals surface area contributed by atoms with Crippen molar-refractivity contribution in [1.82, 2.24) is 10.2 Å². The minimum Gasteiger partial charge on any atom is -0.475 e. The Labute approximate surface area is 177 Å². The maximum Gasteiger partial charge on any atom is 0.490 e. The molecule has 0 aliphatic carbocycles. The Bertz CT molecular complexity index is 765. The van der Waals surface area contributed by atoms with Crippen molar-refractivity contribution in [3.8, 4) is 0 Å². The number of aliphatic carboxylic acids is 1. The Morgan fingerprint density at radius 1 is 1.19 bits per heavy atom. The lowest BCUT2D eigenvalue weighted by atomic mass is 9.85. The molecule has 1 aromatic carbocycles. The smallest absolute Gasteiger partial charge is 0.475 e. The number of anilines is 1. The molecular weight excluding hydrogens is 419 g/mol. The third-order valence-electron chi connectivity index (χ3n) is 5.27. The Morgan fingerprint density at radius 2 is 1.77 bits per heavy atom. The number of ether oxygens (including phenoxy) is 1. The summed E-state index contributed by atoms with van der Waals surface area (Å²) in [5.41, 5.74) is 0.623. The fraction of sp³-hybridized carbons (Fsp3) is 0.550. The third kappa shape index (κ3) is 6.33. The Kier molecular flexibility index (Phi) is 8.26. The van der Waals surface area contributed by atoms with Crippen LogP contribution >= 0.6 is 0 Å². The molecule has 0 atom stereocenters. The summed E-state index contributed by atoms with van der Waals surface area (Å²) in [6, 6.07) is 10.1. The fourth-order valence-corrected chi connectivity index (χ4v) is 3.66. The number of hydrogen-bond donors (Lipinski definition) is 2. The van der Waals surface area contributed by atoms with Gasteiger partial charge in [0.05, 0.1) is 19.7 Å². The zero-order valence-corrected chi connectivity index (χ0v) is 17.2. The van der Waals surface area contributed by atoms with Crippen molar-refractivity contribution in [3.63, 3.8) is 0 Å². The zero-order valence-electron chi connectivity index (χ0n) is 17.2. The molecule has 1 spiro atoms. The second-order valence-electron chi connectivity index (χ2n) is 7.16. The van der Waals surface area contributed by atoms with Crippen molar-refractivity contribution in [1.29, 1.82) is 0 Å². The highest BCUT2D eigenvalue weighted by Gasteiger charge is 2.50. The second-order valence-corrected chi connectivity index (χ2v) is 7.16. The molecule has 2 aliphatic heterocycles. The number of para-hydroxylation sites is 1. The van der Waals surface area contributed by atoms with Gasteiger partial charge in [0.15, 0.2) is 0 Å². The third-order valence-corrected chi connectivity index (χ3v) is 5.27. The molecule has 11 heteroatoms. The summed E-state index contributed by atoms with van der Waals surface area (Å²) in [7, 11) is 0. The predicted molar refractivity (Wildman–Crippen MR) is 105 cm³/mol. The van der Waals surface area contributed by atoms with Gasteiger partial charge in [0.2, 0.25) is 5.91 Å². The Balaban J connectivity index is 0.000000423. The molecule has 172 valence electrons. The number of piperidine rings is 1. The highest BCUT2D eigenvalue weighted by atomic mass is 19.4. The van der Waals surface area contributed by atoms with E-state index in [9.17, 15) is 22.8 Å². The number of hydrogen-bond acceptors (Lipinski definition) is 6. The van der Waals surface area contributed by atoms with E-state index in [2.05, 4.69) is 27.2 Å². The van der Waals surface area contributed by atoms with Crippen molar-refractivity contribution in [2.75, 3.05) is 37.8 Å². The van der Waals surface area contributed by atoms with E-state index in [-0.39, 0.29) is 11.9 Å². The number of halogens is 3. The van der Waals surface area contributed by atoms with Gasteiger partial charge in [-0.25, -0.2) is 4.79 Å². The van der Waals surface area contributed by atoms with Crippen LogP contribution in [-0.4, -0.2) is 72.5 Å². The van der Waals surface area contributed by atoms with Gasteiger partial charge in [0, 0.05) is 25.3 Å². The van der Waals surface area contributed by atoms with Crippen molar-refractivity contribution in [3.05, 3.63) is 30.3 Å². The molecular formula is C20H26F3N3O5. The van der Waals surface area contributed by atoms with Crippen molar-refractivity contribution < 1.29 is 37.4 Å². The van der Waals surface area contributed by atoms with Crippen molar-refractivity contribution in [2.24, 2.45) is 0 Å². The van der Waals surface area contributed by atoms with Gasteiger partial charge >= 0.3 is 18.1 Å². The van der Waals surface area contributed by atoms with Gasteiger partial charge in [-0.2, -0.15) is 13.2 Å². The van der Waals surface area contributed by atoms with Crippen LogP contribution in [0.15, 0.2) is 30.3 Å². The minimum absolute atomic E-state index is 0.122. The van der Waals surface area contributed by atoms with Crippen LogP contribution < -0.4 is 10.2 Å². The Hall–Kier alpha value is -2.82. The highest BCUT2D eigenvalue weighted by molar-refractivity contribution is 5.93. The summed E-state index contributed by atoms with van der Waals surface area (Å²) < 4.78 is 36.7. The van der Waals surface area contributed by atoms with Gasteiger partial charge in [-0.3, -0.25) is 9.59 Å². The van der Waals surface area contributed by atoms with E-state index in [1.165, 1.54) is 0 Å². The van der Waals surface area contributed by atoms with Gasteiger partial charge in [0.25, 0.3) is 0 Å². The number of benzene rings is 1. The summed E-state index contributed by atoms with van der Waals surface area (Å²) in [5.74, 6) is -2.79. The molecule has 2 aliphatic rings. The number of likely N-dealkylation sites (tertiary alicyclic amines) is 1. The lowest BCUT2D eigenvalue weighted by Crippen LogP contribution is -2.56. The number of nitrogens with zero attached hydrogens (tertiary/aromatic N) is 2. The standard InChI is InChI=1S/C18H25N3O3.C2HF3O2/c1-2-24-16(22)8-11-20-12-9-18(10-13-20)17(23)19-14-21(18)15-6-4-3-5-7-15;3-2(4,5)1(6)7/h3-7H,2,8-14H2,1H3,(H,19,23);(H,6,7). The van der Waals surface area contributed by atoms with E-state index >= 15 is 0 Å².